The molecule has 0 saturated carbocycles. The van der Waals surface area contributed by atoms with Crippen LogP contribution in [0.2, 0.25) is 0 Å². The van der Waals surface area contributed by atoms with Gasteiger partial charge < -0.3 is 10.1 Å². The second-order valence-electron chi connectivity index (χ2n) is 6.64. The number of aryl methyl sites for hydroxylation is 2. The lowest BCUT2D eigenvalue weighted by molar-refractivity contribution is 0.107. The summed E-state index contributed by atoms with van der Waals surface area (Å²) in [4.78, 5) is 0. The molecule has 0 aliphatic heterocycles. The van der Waals surface area contributed by atoms with Crippen molar-refractivity contribution in [2.75, 3.05) is 26.8 Å². The Morgan fingerprint density at radius 3 is 1.83 bits per heavy atom. The van der Waals surface area contributed by atoms with Crippen LogP contribution in [0.1, 0.15) is 43.0 Å². The number of hydrogen-bond acceptors (Lipinski definition) is 2. The van der Waals surface area contributed by atoms with E-state index in [0.717, 1.165) is 32.6 Å². The number of hydrogen-bond donors (Lipinski definition) is 1. The molecule has 0 spiro atoms. The Labute approximate surface area is 146 Å². The van der Waals surface area contributed by atoms with Gasteiger partial charge in [-0.25, -0.2) is 0 Å². The minimum absolute atomic E-state index is 0.0887. The van der Waals surface area contributed by atoms with Crippen molar-refractivity contribution >= 4 is 0 Å². The third-order valence-electron chi connectivity index (χ3n) is 5.34. The molecule has 0 atom stereocenters. The molecule has 1 aliphatic carbocycles. The minimum atomic E-state index is -0.0887. The summed E-state index contributed by atoms with van der Waals surface area (Å²) in [6, 6.07) is 13.6. The van der Waals surface area contributed by atoms with Crippen LogP contribution in [0.5, 0.6) is 0 Å². The van der Waals surface area contributed by atoms with Crippen LogP contribution >= 0.6 is 0 Å². The summed E-state index contributed by atoms with van der Waals surface area (Å²) in [5.74, 6) is 0. The largest absolute Gasteiger partial charge is 0.380 e. The molecule has 0 unspecified atom stereocenters. The van der Waals surface area contributed by atoms with Crippen LogP contribution in [0.15, 0.2) is 36.4 Å². The zero-order valence-corrected chi connectivity index (χ0v) is 15.4. The zero-order chi connectivity index (χ0) is 17.2. The number of fused-ring (bicyclic) bond motifs is 3. The van der Waals surface area contributed by atoms with E-state index in [1.165, 1.54) is 33.4 Å². The van der Waals surface area contributed by atoms with Gasteiger partial charge in [-0.1, -0.05) is 50.2 Å². The molecule has 0 fully saturated rings. The second kappa shape index (κ2) is 7.08. The van der Waals surface area contributed by atoms with Gasteiger partial charge in [0.2, 0.25) is 0 Å². The molecule has 0 bridgehead atoms. The Balaban J connectivity index is 2.35. The molecule has 2 heteroatoms. The van der Waals surface area contributed by atoms with E-state index >= 15 is 0 Å². The van der Waals surface area contributed by atoms with Crippen LogP contribution in [0.4, 0.5) is 0 Å². The van der Waals surface area contributed by atoms with Gasteiger partial charge >= 0.3 is 0 Å². The quantitative estimate of drug-likeness (QED) is 0.818. The molecule has 2 aromatic rings. The summed E-state index contributed by atoms with van der Waals surface area (Å²) < 4.78 is 6.05. The van der Waals surface area contributed by atoms with Gasteiger partial charge in [0.05, 0.1) is 12.0 Å². The van der Waals surface area contributed by atoms with Crippen molar-refractivity contribution in [3.63, 3.8) is 0 Å². The van der Waals surface area contributed by atoms with Crippen molar-refractivity contribution in [2.45, 2.75) is 39.0 Å². The highest BCUT2D eigenvalue weighted by atomic mass is 16.5. The van der Waals surface area contributed by atoms with E-state index in [-0.39, 0.29) is 5.41 Å². The second-order valence-corrected chi connectivity index (χ2v) is 6.64. The lowest BCUT2D eigenvalue weighted by Gasteiger charge is -2.34. The minimum Gasteiger partial charge on any atom is -0.380 e. The first-order chi connectivity index (χ1) is 11.7. The average molecular weight is 323 g/mol. The standard InChI is InChI=1S/C22H29NO/c1-5-16-10-8-12-18-19-13-9-11-17(6-2)21(19)22(14-23-4,20(16)18)15-24-7-3/h8-13,23H,5-7,14-15H2,1-4H3. The summed E-state index contributed by atoms with van der Waals surface area (Å²) in [6.07, 6.45) is 2.10. The Hall–Kier alpha value is -1.64. The van der Waals surface area contributed by atoms with Crippen molar-refractivity contribution in [1.29, 1.82) is 0 Å². The van der Waals surface area contributed by atoms with Crippen molar-refractivity contribution in [3.8, 4) is 11.1 Å². The maximum Gasteiger partial charge on any atom is 0.0616 e. The highest BCUT2D eigenvalue weighted by molar-refractivity contribution is 5.84. The number of ether oxygens (including phenoxy) is 1. The SMILES string of the molecule is CCOCC1(CNC)c2c(CC)cccc2-c2cccc(CC)c21. The van der Waals surface area contributed by atoms with Gasteiger partial charge in [0.1, 0.15) is 0 Å². The smallest absolute Gasteiger partial charge is 0.0616 e. The van der Waals surface area contributed by atoms with E-state index in [1.807, 2.05) is 0 Å². The molecular weight excluding hydrogens is 294 g/mol. The predicted octanol–water partition coefficient (Wildman–Crippen LogP) is 4.33. The Morgan fingerprint density at radius 1 is 0.875 bits per heavy atom. The van der Waals surface area contributed by atoms with Crippen LogP contribution in [-0.2, 0) is 23.0 Å². The van der Waals surface area contributed by atoms with Crippen LogP contribution in [0.3, 0.4) is 0 Å². The fourth-order valence-corrected chi connectivity index (χ4v) is 4.44. The summed E-state index contributed by atoms with van der Waals surface area (Å²) in [6.45, 7) is 8.98. The molecule has 2 aromatic carbocycles. The fraction of sp³-hybridized carbons (Fsp3) is 0.455. The zero-order valence-electron chi connectivity index (χ0n) is 15.4. The fourth-order valence-electron chi connectivity index (χ4n) is 4.44. The predicted molar refractivity (Wildman–Crippen MR) is 102 cm³/mol. The van der Waals surface area contributed by atoms with Crippen molar-refractivity contribution in [1.82, 2.24) is 5.32 Å². The van der Waals surface area contributed by atoms with Crippen LogP contribution in [-0.4, -0.2) is 26.8 Å². The van der Waals surface area contributed by atoms with Gasteiger partial charge in [-0.2, -0.15) is 0 Å². The highest BCUT2D eigenvalue weighted by Crippen LogP contribution is 2.51. The monoisotopic (exact) mass is 323 g/mol. The van der Waals surface area contributed by atoms with E-state index in [0.29, 0.717) is 0 Å². The maximum atomic E-state index is 6.05. The number of likely N-dealkylation sites (N-methyl/N-ethyl adjacent to an activating group) is 1. The lowest BCUT2D eigenvalue weighted by Crippen LogP contribution is -2.42. The molecule has 0 saturated heterocycles. The molecular formula is C22H29NO. The third kappa shape index (κ3) is 2.49. The maximum absolute atomic E-state index is 6.05. The average Bonchev–Trinajstić information content (AvgIpc) is 2.91. The number of rotatable bonds is 7. The normalized spacial score (nSPS) is 14.5. The van der Waals surface area contributed by atoms with Crippen LogP contribution < -0.4 is 5.32 Å². The Bertz CT molecular complexity index is 666. The molecule has 128 valence electrons. The first-order valence-electron chi connectivity index (χ1n) is 9.20. The van der Waals surface area contributed by atoms with Crippen LogP contribution in [0, 0.1) is 0 Å². The van der Waals surface area contributed by atoms with Crippen LogP contribution in [0.25, 0.3) is 11.1 Å². The van der Waals surface area contributed by atoms with E-state index in [4.69, 9.17) is 4.74 Å². The van der Waals surface area contributed by atoms with Crippen molar-refractivity contribution in [2.24, 2.45) is 0 Å². The van der Waals surface area contributed by atoms with E-state index < -0.39 is 0 Å². The number of benzene rings is 2. The van der Waals surface area contributed by atoms with E-state index in [9.17, 15) is 0 Å². The summed E-state index contributed by atoms with van der Waals surface area (Å²) >= 11 is 0. The molecule has 24 heavy (non-hydrogen) atoms. The summed E-state index contributed by atoms with van der Waals surface area (Å²) in [7, 11) is 2.05. The molecule has 0 aromatic heterocycles. The number of nitrogens with one attached hydrogen (secondary N) is 1. The van der Waals surface area contributed by atoms with Gasteiger partial charge in [-0.3, -0.25) is 0 Å². The molecule has 1 aliphatic rings. The van der Waals surface area contributed by atoms with Gasteiger partial charge in [0.15, 0.2) is 0 Å². The first kappa shape index (κ1) is 17.2. The Kier molecular flexibility index (Phi) is 5.07. The molecule has 0 radical (unpaired) electrons. The van der Waals surface area contributed by atoms with Gasteiger partial charge in [0.25, 0.3) is 0 Å². The van der Waals surface area contributed by atoms with E-state index in [2.05, 4.69) is 69.5 Å². The molecule has 2 nitrogen and oxygen atoms in total. The summed E-state index contributed by atoms with van der Waals surface area (Å²) in [5.41, 5.74) is 8.55. The molecule has 1 N–H and O–H groups in total. The molecule has 0 heterocycles. The molecule has 3 rings (SSSR count). The van der Waals surface area contributed by atoms with E-state index in [1.54, 1.807) is 0 Å². The van der Waals surface area contributed by atoms with Gasteiger partial charge in [-0.05, 0) is 60.2 Å². The Morgan fingerprint density at radius 2 is 1.42 bits per heavy atom. The first-order valence-corrected chi connectivity index (χ1v) is 9.20. The third-order valence-corrected chi connectivity index (χ3v) is 5.34. The van der Waals surface area contributed by atoms with Crippen molar-refractivity contribution < 1.29 is 4.74 Å². The van der Waals surface area contributed by atoms with Gasteiger partial charge in [0, 0.05) is 13.2 Å². The highest BCUT2D eigenvalue weighted by Gasteiger charge is 2.45. The molecule has 0 amide bonds. The topological polar surface area (TPSA) is 21.3 Å². The lowest BCUT2D eigenvalue weighted by atomic mass is 9.74. The van der Waals surface area contributed by atoms with Crippen molar-refractivity contribution in [3.05, 3.63) is 58.7 Å². The van der Waals surface area contributed by atoms with Gasteiger partial charge in [-0.15, -0.1) is 0 Å². The summed E-state index contributed by atoms with van der Waals surface area (Å²) in [5, 5.41) is 3.46.